The molecule has 1 rings (SSSR count). The first kappa shape index (κ1) is 16.5. The van der Waals surface area contributed by atoms with Gasteiger partial charge in [-0.25, -0.2) is 0 Å². The molecule has 0 heterocycles. The molecule has 1 aromatic carbocycles. The maximum absolute atomic E-state index is 5.84. The lowest BCUT2D eigenvalue weighted by Crippen LogP contribution is -2.08. The predicted molar refractivity (Wildman–Crippen MR) is 90.3 cm³/mol. The molecule has 0 atom stereocenters. The van der Waals surface area contributed by atoms with E-state index in [4.69, 9.17) is 23.8 Å². The van der Waals surface area contributed by atoms with Crippen molar-refractivity contribution in [1.29, 1.82) is 0 Å². The average molecular weight is 298 g/mol. The van der Waals surface area contributed by atoms with Gasteiger partial charge in [0.15, 0.2) is 0 Å². The Bertz CT molecular complexity index is 362. The van der Waals surface area contributed by atoms with Crippen molar-refractivity contribution in [2.45, 2.75) is 58.3 Å². The zero-order valence-electron chi connectivity index (χ0n) is 11.8. The van der Waals surface area contributed by atoms with Crippen molar-refractivity contribution in [1.82, 2.24) is 0 Å². The molecule has 1 N–H and O–H groups in total. The van der Waals surface area contributed by atoms with Crippen LogP contribution in [-0.4, -0.2) is 4.99 Å². The second-order valence-corrected chi connectivity index (χ2v) is 5.86. The van der Waals surface area contributed by atoms with Crippen molar-refractivity contribution in [2.75, 3.05) is 5.32 Å². The van der Waals surface area contributed by atoms with Crippen LogP contribution in [0.5, 0.6) is 0 Å². The number of anilines is 1. The molecule has 0 amide bonds. The first-order chi connectivity index (χ1) is 9.22. The van der Waals surface area contributed by atoms with E-state index in [2.05, 4.69) is 12.2 Å². The molecule has 0 fully saturated rings. The lowest BCUT2D eigenvalue weighted by atomic mass is 10.1. The third-order valence-corrected chi connectivity index (χ3v) is 3.69. The van der Waals surface area contributed by atoms with Gasteiger partial charge >= 0.3 is 0 Å². The van der Waals surface area contributed by atoms with E-state index < -0.39 is 0 Å². The van der Waals surface area contributed by atoms with E-state index in [1.54, 1.807) is 0 Å². The summed E-state index contributed by atoms with van der Waals surface area (Å²) in [4.78, 5) is 0.927. The van der Waals surface area contributed by atoms with Gasteiger partial charge in [0.2, 0.25) is 0 Å². The van der Waals surface area contributed by atoms with Crippen LogP contribution in [-0.2, 0) is 0 Å². The van der Waals surface area contributed by atoms with Crippen molar-refractivity contribution in [3.63, 3.8) is 0 Å². The Morgan fingerprint density at radius 2 is 1.58 bits per heavy atom. The van der Waals surface area contributed by atoms with Crippen LogP contribution < -0.4 is 5.32 Å². The van der Waals surface area contributed by atoms with Gasteiger partial charge in [-0.2, -0.15) is 0 Å². The Morgan fingerprint density at radius 3 is 2.21 bits per heavy atom. The smallest absolute Gasteiger partial charge is 0.0797 e. The maximum Gasteiger partial charge on any atom is 0.0797 e. The second kappa shape index (κ2) is 10.2. The Labute approximate surface area is 127 Å². The van der Waals surface area contributed by atoms with Gasteiger partial charge in [0.25, 0.3) is 0 Å². The fraction of sp³-hybridized carbons (Fsp3) is 0.562. The molecule has 0 aliphatic carbocycles. The SMILES string of the molecule is CCCCCCCCCC(=S)Nc1ccc(Cl)cc1. The predicted octanol–water partition coefficient (Wildman–Crippen LogP) is 6.22. The average Bonchev–Trinajstić information content (AvgIpc) is 2.40. The molecular formula is C16H24ClNS. The Kier molecular flexibility index (Phi) is 8.85. The molecule has 0 aliphatic heterocycles. The van der Waals surface area contributed by atoms with Crippen LogP contribution in [0.1, 0.15) is 58.3 Å². The summed E-state index contributed by atoms with van der Waals surface area (Å²) in [7, 11) is 0. The first-order valence-electron chi connectivity index (χ1n) is 7.28. The lowest BCUT2D eigenvalue weighted by Gasteiger charge is -2.08. The van der Waals surface area contributed by atoms with Crippen molar-refractivity contribution in [2.24, 2.45) is 0 Å². The van der Waals surface area contributed by atoms with Crippen LogP contribution in [0.15, 0.2) is 24.3 Å². The van der Waals surface area contributed by atoms with Gasteiger partial charge in [-0.3, -0.25) is 0 Å². The number of hydrogen-bond donors (Lipinski definition) is 1. The summed E-state index contributed by atoms with van der Waals surface area (Å²) in [6.07, 6.45) is 10.2. The largest absolute Gasteiger partial charge is 0.350 e. The highest BCUT2D eigenvalue weighted by molar-refractivity contribution is 7.80. The van der Waals surface area contributed by atoms with E-state index in [1.165, 1.54) is 44.9 Å². The monoisotopic (exact) mass is 297 g/mol. The normalized spacial score (nSPS) is 10.4. The van der Waals surface area contributed by atoms with Crippen molar-refractivity contribution >= 4 is 34.5 Å². The Morgan fingerprint density at radius 1 is 1.00 bits per heavy atom. The van der Waals surface area contributed by atoms with Crippen LogP contribution in [0.3, 0.4) is 0 Å². The van der Waals surface area contributed by atoms with Gasteiger partial charge in [0, 0.05) is 10.7 Å². The topological polar surface area (TPSA) is 12.0 Å². The number of nitrogens with one attached hydrogen (secondary N) is 1. The number of thiocarbonyl (C=S) groups is 1. The van der Waals surface area contributed by atoms with Gasteiger partial charge in [-0.05, 0) is 37.1 Å². The van der Waals surface area contributed by atoms with E-state index >= 15 is 0 Å². The summed E-state index contributed by atoms with van der Waals surface area (Å²) in [5, 5.41) is 4.01. The minimum atomic E-state index is 0.753. The fourth-order valence-electron chi connectivity index (χ4n) is 2.00. The van der Waals surface area contributed by atoms with Gasteiger partial charge in [0.05, 0.1) is 4.99 Å². The van der Waals surface area contributed by atoms with Crippen LogP contribution >= 0.6 is 23.8 Å². The Hall–Kier alpha value is -0.600. The van der Waals surface area contributed by atoms with E-state index in [1.807, 2.05) is 24.3 Å². The minimum absolute atomic E-state index is 0.753. The van der Waals surface area contributed by atoms with E-state index in [0.717, 1.165) is 22.1 Å². The highest BCUT2D eigenvalue weighted by Crippen LogP contribution is 2.15. The van der Waals surface area contributed by atoms with E-state index in [9.17, 15) is 0 Å². The van der Waals surface area contributed by atoms with E-state index in [-0.39, 0.29) is 0 Å². The summed E-state index contributed by atoms with van der Waals surface area (Å²) in [5.74, 6) is 0. The quantitative estimate of drug-likeness (QED) is 0.429. The number of halogens is 1. The summed E-state index contributed by atoms with van der Waals surface area (Å²) in [5.41, 5.74) is 1.03. The van der Waals surface area contributed by atoms with Gasteiger partial charge < -0.3 is 5.32 Å². The van der Waals surface area contributed by atoms with Crippen LogP contribution in [0.2, 0.25) is 5.02 Å². The molecule has 0 aliphatic rings. The number of benzene rings is 1. The maximum atomic E-state index is 5.84. The molecule has 0 bridgehead atoms. The third kappa shape index (κ3) is 8.22. The molecule has 19 heavy (non-hydrogen) atoms. The number of hydrogen-bond acceptors (Lipinski definition) is 1. The fourth-order valence-corrected chi connectivity index (χ4v) is 2.39. The molecule has 0 radical (unpaired) electrons. The number of rotatable bonds is 9. The molecule has 0 saturated carbocycles. The zero-order chi connectivity index (χ0) is 13.9. The standard InChI is InChI=1S/C16H24ClNS/c1-2-3-4-5-6-7-8-9-16(19)18-15-12-10-14(17)11-13-15/h10-13H,2-9H2,1H3,(H,18,19). The lowest BCUT2D eigenvalue weighted by molar-refractivity contribution is 0.596. The first-order valence-corrected chi connectivity index (χ1v) is 8.06. The summed E-state index contributed by atoms with van der Waals surface area (Å²) < 4.78 is 0. The van der Waals surface area contributed by atoms with Gasteiger partial charge in [0.1, 0.15) is 0 Å². The molecule has 0 aromatic heterocycles. The molecule has 1 nitrogen and oxygen atoms in total. The molecular weight excluding hydrogens is 274 g/mol. The highest BCUT2D eigenvalue weighted by atomic mass is 35.5. The van der Waals surface area contributed by atoms with Crippen molar-refractivity contribution in [3.8, 4) is 0 Å². The van der Waals surface area contributed by atoms with Crippen molar-refractivity contribution in [3.05, 3.63) is 29.3 Å². The van der Waals surface area contributed by atoms with Gasteiger partial charge in [-0.1, -0.05) is 69.3 Å². The summed E-state index contributed by atoms with van der Waals surface area (Å²) in [6, 6.07) is 7.67. The molecule has 0 saturated heterocycles. The summed E-state index contributed by atoms with van der Waals surface area (Å²) >= 11 is 11.2. The summed E-state index contributed by atoms with van der Waals surface area (Å²) in [6.45, 7) is 2.25. The molecule has 3 heteroatoms. The Balaban J connectivity index is 2.06. The number of unbranched alkanes of at least 4 members (excludes halogenated alkanes) is 6. The molecule has 0 spiro atoms. The third-order valence-electron chi connectivity index (χ3n) is 3.14. The minimum Gasteiger partial charge on any atom is -0.350 e. The van der Waals surface area contributed by atoms with Crippen LogP contribution in [0.25, 0.3) is 0 Å². The molecule has 1 aromatic rings. The van der Waals surface area contributed by atoms with Crippen LogP contribution in [0, 0.1) is 0 Å². The molecule has 0 unspecified atom stereocenters. The second-order valence-electron chi connectivity index (χ2n) is 4.93. The van der Waals surface area contributed by atoms with Gasteiger partial charge in [-0.15, -0.1) is 0 Å². The highest BCUT2D eigenvalue weighted by Gasteiger charge is 1.98. The van der Waals surface area contributed by atoms with Crippen LogP contribution in [0.4, 0.5) is 5.69 Å². The van der Waals surface area contributed by atoms with Crippen molar-refractivity contribution < 1.29 is 0 Å². The zero-order valence-corrected chi connectivity index (χ0v) is 13.3. The van der Waals surface area contributed by atoms with E-state index in [0.29, 0.717) is 0 Å². The molecule has 106 valence electrons.